The van der Waals surface area contributed by atoms with Crippen LogP contribution in [0, 0.1) is 23.7 Å². The fourth-order valence-electron chi connectivity index (χ4n) is 5.25. The molecule has 31 heavy (non-hydrogen) atoms. The van der Waals surface area contributed by atoms with Crippen LogP contribution < -0.4 is 5.32 Å². The standard InChI is InChI=1S/C26H34N2O.2ClH/c29-17-5-4-8-23-13-16-28(19-21-6-2-1-3-7-21)20-26(23)25-10-9-22-11-14-27-15-12-24(22)18-25;;/h1-3,6-7,9-10,12,15,17-18,22-24,26-27H,4-5,8,11,13-14,16,19-20H2;2*1H. The summed E-state index contributed by atoms with van der Waals surface area (Å²) in [5.41, 5.74) is 2.92. The van der Waals surface area contributed by atoms with Gasteiger partial charge < -0.3 is 10.1 Å². The van der Waals surface area contributed by atoms with Gasteiger partial charge in [0, 0.05) is 32.0 Å². The predicted octanol–water partition coefficient (Wildman–Crippen LogP) is 5.57. The van der Waals surface area contributed by atoms with Gasteiger partial charge in [0.15, 0.2) is 0 Å². The molecule has 0 amide bonds. The van der Waals surface area contributed by atoms with E-state index in [0.29, 0.717) is 30.1 Å². The SMILES string of the molecule is Cl.Cl.O=CCCCC1CCN(Cc2ccccc2)CC1C1=CC2C=CNCCC2C=C1. The summed E-state index contributed by atoms with van der Waals surface area (Å²) < 4.78 is 0. The lowest BCUT2D eigenvalue weighted by Crippen LogP contribution is -2.41. The van der Waals surface area contributed by atoms with Gasteiger partial charge in [0.1, 0.15) is 6.29 Å². The largest absolute Gasteiger partial charge is 0.391 e. The normalized spacial score (nSPS) is 27.5. The van der Waals surface area contributed by atoms with E-state index in [1.165, 1.54) is 30.4 Å². The third-order valence-electron chi connectivity index (χ3n) is 6.89. The van der Waals surface area contributed by atoms with Crippen molar-refractivity contribution < 1.29 is 4.79 Å². The number of rotatable bonds is 7. The van der Waals surface area contributed by atoms with Crippen LogP contribution in [0.25, 0.3) is 0 Å². The van der Waals surface area contributed by atoms with Gasteiger partial charge in [-0.3, -0.25) is 4.90 Å². The van der Waals surface area contributed by atoms with Gasteiger partial charge in [-0.15, -0.1) is 24.8 Å². The third-order valence-corrected chi connectivity index (χ3v) is 6.89. The Morgan fingerprint density at radius 1 is 1.10 bits per heavy atom. The van der Waals surface area contributed by atoms with Gasteiger partial charge in [-0.2, -0.15) is 0 Å². The lowest BCUT2D eigenvalue weighted by molar-refractivity contribution is -0.108. The van der Waals surface area contributed by atoms with Gasteiger partial charge in [-0.1, -0.05) is 54.6 Å². The fourth-order valence-corrected chi connectivity index (χ4v) is 5.25. The van der Waals surface area contributed by atoms with E-state index >= 15 is 0 Å². The quantitative estimate of drug-likeness (QED) is 0.424. The van der Waals surface area contributed by atoms with Crippen molar-refractivity contribution >= 4 is 31.1 Å². The number of fused-ring (bicyclic) bond motifs is 1. The Morgan fingerprint density at radius 3 is 2.74 bits per heavy atom. The first-order chi connectivity index (χ1) is 14.3. The molecule has 0 bridgehead atoms. The molecule has 0 spiro atoms. The third kappa shape index (κ3) is 6.97. The highest BCUT2D eigenvalue weighted by atomic mass is 35.5. The Morgan fingerprint density at radius 2 is 1.94 bits per heavy atom. The number of piperidine rings is 1. The van der Waals surface area contributed by atoms with Crippen molar-refractivity contribution in [2.75, 3.05) is 19.6 Å². The maximum absolute atomic E-state index is 10.8. The van der Waals surface area contributed by atoms with Crippen LogP contribution in [0.2, 0.25) is 0 Å². The molecule has 170 valence electrons. The van der Waals surface area contributed by atoms with Crippen LogP contribution >= 0.6 is 24.8 Å². The predicted molar refractivity (Wildman–Crippen MR) is 134 cm³/mol. The molecule has 5 heteroatoms. The minimum Gasteiger partial charge on any atom is -0.391 e. The molecule has 2 aliphatic heterocycles. The summed E-state index contributed by atoms with van der Waals surface area (Å²) in [5.74, 6) is 2.40. The van der Waals surface area contributed by atoms with Crippen molar-refractivity contribution in [3.63, 3.8) is 0 Å². The van der Waals surface area contributed by atoms with Crippen LogP contribution in [-0.2, 0) is 11.3 Å². The number of carbonyl (C=O) groups excluding carboxylic acids is 1. The van der Waals surface area contributed by atoms with E-state index in [-0.39, 0.29) is 24.8 Å². The monoisotopic (exact) mass is 462 g/mol. The second-order valence-corrected chi connectivity index (χ2v) is 8.84. The zero-order valence-electron chi connectivity index (χ0n) is 18.2. The molecule has 4 rings (SSSR count). The topological polar surface area (TPSA) is 32.3 Å². The Bertz CT molecular complexity index is 762. The number of nitrogens with zero attached hydrogens (tertiary/aromatic N) is 1. The van der Waals surface area contributed by atoms with Crippen molar-refractivity contribution in [2.45, 2.75) is 38.6 Å². The molecule has 1 aliphatic carbocycles. The molecule has 1 saturated heterocycles. The summed E-state index contributed by atoms with van der Waals surface area (Å²) in [7, 11) is 0. The van der Waals surface area contributed by atoms with E-state index in [4.69, 9.17) is 0 Å². The Kier molecular flexibility index (Phi) is 10.9. The molecule has 2 heterocycles. The van der Waals surface area contributed by atoms with Gasteiger partial charge in [0.05, 0.1) is 0 Å². The minimum absolute atomic E-state index is 0. The average molecular weight is 463 g/mol. The van der Waals surface area contributed by atoms with E-state index in [1.54, 1.807) is 0 Å². The number of aldehydes is 1. The van der Waals surface area contributed by atoms with Crippen molar-refractivity contribution in [3.05, 3.63) is 72.0 Å². The molecular weight excluding hydrogens is 427 g/mol. The first-order valence-corrected chi connectivity index (χ1v) is 11.3. The molecule has 1 aromatic rings. The summed E-state index contributed by atoms with van der Waals surface area (Å²) in [6, 6.07) is 10.8. The Balaban J connectivity index is 0.00000171. The van der Waals surface area contributed by atoms with Gasteiger partial charge >= 0.3 is 0 Å². The summed E-state index contributed by atoms with van der Waals surface area (Å²) in [5, 5.41) is 3.39. The van der Waals surface area contributed by atoms with Gasteiger partial charge in [-0.25, -0.2) is 0 Å². The average Bonchev–Trinajstić information content (AvgIpc) is 3.00. The molecule has 1 N–H and O–H groups in total. The molecular formula is C26H36Cl2N2O. The highest BCUT2D eigenvalue weighted by Crippen LogP contribution is 2.38. The molecule has 1 aromatic carbocycles. The lowest BCUT2D eigenvalue weighted by Gasteiger charge is -2.41. The number of carbonyl (C=O) groups is 1. The zero-order chi connectivity index (χ0) is 19.9. The van der Waals surface area contributed by atoms with Gasteiger partial charge in [0.25, 0.3) is 0 Å². The van der Waals surface area contributed by atoms with Crippen LogP contribution in [0.3, 0.4) is 0 Å². The van der Waals surface area contributed by atoms with Crippen LogP contribution in [-0.4, -0.2) is 30.8 Å². The first-order valence-electron chi connectivity index (χ1n) is 11.3. The minimum atomic E-state index is 0. The molecule has 0 saturated carbocycles. The van der Waals surface area contributed by atoms with Crippen LogP contribution in [0.4, 0.5) is 0 Å². The highest BCUT2D eigenvalue weighted by molar-refractivity contribution is 5.85. The van der Waals surface area contributed by atoms with Crippen molar-refractivity contribution in [1.82, 2.24) is 10.2 Å². The lowest BCUT2D eigenvalue weighted by atomic mass is 9.73. The summed E-state index contributed by atoms with van der Waals surface area (Å²) >= 11 is 0. The Labute approximate surface area is 199 Å². The van der Waals surface area contributed by atoms with Gasteiger partial charge in [-0.05, 0) is 67.3 Å². The van der Waals surface area contributed by atoms with Crippen molar-refractivity contribution in [3.8, 4) is 0 Å². The molecule has 4 atom stereocenters. The number of hydrogen-bond donors (Lipinski definition) is 1. The van der Waals surface area contributed by atoms with E-state index < -0.39 is 0 Å². The van der Waals surface area contributed by atoms with Crippen LogP contribution in [0.1, 0.15) is 37.7 Å². The van der Waals surface area contributed by atoms with Gasteiger partial charge in [0.2, 0.25) is 0 Å². The summed E-state index contributed by atoms with van der Waals surface area (Å²) in [4.78, 5) is 13.5. The second-order valence-electron chi connectivity index (χ2n) is 8.84. The number of benzene rings is 1. The molecule has 0 radical (unpaired) electrons. The first kappa shape index (κ1) is 25.7. The summed E-state index contributed by atoms with van der Waals surface area (Å²) in [6.07, 6.45) is 18.3. The maximum atomic E-state index is 10.8. The van der Waals surface area contributed by atoms with Crippen LogP contribution in [0.5, 0.6) is 0 Å². The number of halogens is 2. The number of hydrogen-bond acceptors (Lipinski definition) is 3. The van der Waals surface area contributed by atoms with Crippen molar-refractivity contribution in [1.29, 1.82) is 0 Å². The maximum Gasteiger partial charge on any atom is 0.119 e. The molecule has 0 aromatic heterocycles. The fraction of sp³-hybridized carbons (Fsp3) is 0.500. The van der Waals surface area contributed by atoms with E-state index in [0.717, 1.165) is 38.9 Å². The highest BCUT2D eigenvalue weighted by Gasteiger charge is 2.32. The smallest absolute Gasteiger partial charge is 0.119 e. The number of unbranched alkanes of at least 4 members (excludes halogenated alkanes) is 1. The second kappa shape index (κ2) is 13.1. The zero-order valence-corrected chi connectivity index (χ0v) is 19.8. The van der Waals surface area contributed by atoms with E-state index in [9.17, 15) is 4.79 Å². The van der Waals surface area contributed by atoms with E-state index in [2.05, 4.69) is 71.1 Å². The van der Waals surface area contributed by atoms with Crippen molar-refractivity contribution in [2.24, 2.45) is 23.7 Å². The molecule has 3 aliphatic rings. The van der Waals surface area contributed by atoms with Crippen LogP contribution in [0.15, 0.2) is 66.4 Å². The summed E-state index contributed by atoms with van der Waals surface area (Å²) in [6.45, 7) is 4.37. The number of allylic oxidation sites excluding steroid dienone is 4. The molecule has 3 nitrogen and oxygen atoms in total. The molecule has 1 fully saturated rings. The Hall–Kier alpha value is -1.55. The number of likely N-dealkylation sites (tertiary alicyclic amines) is 1. The number of nitrogens with one attached hydrogen (secondary N) is 1. The van der Waals surface area contributed by atoms with E-state index in [1.807, 2.05) is 0 Å². The molecule has 4 unspecified atom stereocenters.